The van der Waals surface area contributed by atoms with E-state index in [1.165, 1.54) is 4.90 Å². The second-order valence-electron chi connectivity index (χ2n) is 17.0. The number of fused-ring (bicyclic) bond motifs is 1. The first-order valence-electron chi connectivity index (χ1n) is 20.6. The van der Waals surface area contributed by atoms with Gasteiger partial charge in [-0.05, 0) is 61.4 Å². The van der Waals surface area contributed by atoms with E-state index in [1.54, 1.807) is 29.5 Å². The van der Waals surface area contributed by atoms with Crippen LogP contribution in [-0.2, 0) is 27.3 Å². The quantitative estimate of drug-likeness (QED) is 0.151. The van der Waals surface area contributed by atoms with Crippen LogP contribution in [0, 0.1) is 18.8 Å². The number of aromatic hydroxyl groups is 1. The van der Waals surface area contributed by atoms with Crippen LogP contribution in [0.5, 0.6) is 5.75 Å². The Bertz CT molecular complexity index is 2400. The number of aromatic nitrogens is 4. The van der Waals surface area contributed by atoms with Crippen molar-refractivity contribution in [2.45, 2.75) is 76.6 Å². The van der Waals surface area contributed by atoms with Crippen LogP contribution in [0.1, 0.15) is 61.6 Å². The minimum absolute atomic E-state index is 0.0554. The third kappa shape index (κ3) is 7.58. The molecule has 15 nitrogen and oxygen atoms in total. The van der Waals surface area contributed by atoms with E-state index >= 15 is 0 Å². The lowest BCUT2D eigenvalue weighted by atomic mass is 9.66. The molecule has 3 amide bonds. The number of para-hydroxylation sites is 1. The van der Waals surface area contributed by atoms with Crippen LogP contribution < -0.4 is 15.5 Å². The molecule has 0 radical (unpaired) electrons. The molecule has 1 unspecified atom stereocenters. The molecule has 16 heteroatoms. The highest BCUT2D eigenvalue weighted by atomic mass is 32.1. The Labute approximate surface area is 351 Å². The average molecular weight is 832 g/mol. The zero-order valence-electron chi connectivity index (χ0n) is 33.9. The fourth-order valence-electron chi connectivity index (χ4n) is 9.33. The number of aryl methyl sites for hydroxylation is 1. The molecule has 3 aliphatic heterocycles. The van der Waals surface area contributed by atoms with Crippen molar-refractivity contribution in [2.24, 2.45) is 11.8 Å². The van der Waals surface area contributed by atoms with Crippen molar-refractivity contribution in [3.05, 3.63) is 88.8 Å². The van der Waals surface area contributed by atoms with Crippen LogP contribution >= 0.6 is 11.3 Å². The maximum absolute atomic E-state index is 14.2. The monoisotopic (exact) mass is 831 g/mol. The van der Waals surface area contributed by atoms with E-state index in [9.17, 15) is 24.6 Å². The molecule has 60 heavy (non-hydrogen) atoms. The number of nitrogens with one attached hydrogen (secondary N) is 2. The number of hydrogen-bond donors (Lipinski definition) is 4. The smallest absolute Gasteiger partial charge is 0.243 e. The van der Waals surface area contributed by atoms with Gasteiger partial charge in [0, 0.05) is 74.3 Å². The normalized spacial score (nSPS) is 22.8. The highest BCUT2D eigenvalue weighted by Crippen LogP contribution is 2.48. The van der Waals surface area contributed by atoms with E-state index in [4.69, 9.17) is 4.52 Å². The Morgan fingerprint density at radius 3 is 2.52 bits per heavy atom. The number of β-amino-alcohol motifs (C(OH)–C–C–N with tert-alkyl or cyclic N) is 1. The molecule has 1 spiro atoms. The summed E-state index contributed by atoms with van der Waals surface area (Å²) in [4.78, 5) is 52.3. The first-order chi connectivity index (χ1) is 28.9. The number of rotatable bonds is 10. The summed E-state index contributed by atoms with van der Waals surface area (Å²) >= 11 is 1.59. The Kier molecular flexibility index (Phi) is 10.5. The lowest BCUT2D eigenvalue weighted by molar-refractivity contribution is -0.141. The number of carbonyl (C=O) groups is 3. The maximum atomic E-state index is 14.2. The molecule has 6 heterocycles. The van der Waals surface area contributed by atoms with Gasteiger partial charge < -0.3 is 40.1 Å². The lowest BCUT2D eigenvalue weighted by Gasteiger charge is -2.47. The SMILES string of the molecule is Cc1ncsc1-c1ccc(CNC(=O)[C@@H]2C[C@@H](O)CN2C(=O)C(c2cc(N3CCN(C(=O)C4CC5(Cc6cc(-c7ccccc7O)nnc6N5)C4)CC3)no2)C(C)C)cc1. The average Bonchev–Trinajstić information content (AvgIpc) is 4.05. The maximum Gasteiger partial charge on any atom is 0.243 e. The van der Waals surface area contributed by atoms with E-state index in [2.05, 4.69) is 35.9 Å². The van der Waals surface area contributed by atoms with Gasteiger partial charge in [0.25, 0.3) is 0 Å². The summed E-state index contributed by atoms with van der Waals surface area (Å²) in [5, 5.41) is 40.6. The van der Waals surface area contributed by atoms with Crippen molar-refractivity contribution in [1.29, 1.82) is 0 Å². The minimum atomic E-state index is -0.821. The number of hydrogen-bond acceptors (Lipinski definition) is 13. The van der Waals surface area contributed by atoms with Crippen molar-refractivity contribution < 1.29 is 29.1 Å². The Balaban J connectivity index is 0.777. The summed E-state index contributed by atoms with van der Waals surface area (Å²) < 4.78 is 5.84. The Morgan fingerprint density at radius 1 is 1.03 bits per heavy atom. The number of amides is 3. The molecule has 3 aromatic heterocycles. The van der Waals surface area contributed by atoms with Gasteiger partial charge in [-0.1, -0.05) is 55.4 Å². The number of benzene rings is 2. The summed E-state index contributed by atoms with van der Waals surface area (Å²) in [6.45, 7) is 8.40. The number of aliphatic hydroxyl groups excluding tert-OH is 1. The highest BCUT2D eigenvalue weighted by Gasteiger charge is 2.52. The number of phenolic OH excluding ortho intramolecular Hbond substituents is 1. The van der Waals surface area contributed by atoms with E-state index in [0.717, 1.165) is 39.5 Å². The minimum Gasteiger partial charge on any atom is -0.507 e. The van der Waals surface area contributed by atoms with Gasteiger partial charge in [0.05, 0.1) is 27.9 Å². The van der Waals surface area contributed by atoms with Crippen LogP contribution in [0.4, 0.5) is 11.6 Å². The van der Waals surface area contributed by atoms with Gasteiger partial charge >= 0.3 is 0 Å². The molecular formula is C44H49N9O6S. The van der Waals surface area contributed by atoms with Gasteiger partial charge in [0.1, 0.15) is 17.7 Å². The van der Waals surface area contributed by atoms with E-state index in [0.29, 0.717) is 68.4 Å². The number of carbonyl (C=O) groups excluding carboxylic acids is 3. The zero-order chi connectivity index (χ0) is 41.7. The zero-order valence-corrected chi connectivity index (χ0v) is 34.7. The van der Waals surface area contributed by atoms with Gasteiger partial charge in [-0.15, -0.1) is 21.5 Å². The first kappa shape index (κ1) is 39.6. The summed E-state index contributed by atoms with van der Waals surface area (Å²) in [6, 6.07) is 18.0. The molecule has 4 N–H and O–H groups in total. The van der Waals surface area contributed by atoms with Gasteiger partial charge in [-0.2, -0.15) is 0 Å². The predicted octanol–water partition coefficient (Wildman–Crippen LogP) is 4.75. The molecule has 2 saturated heterocycles. The number of phenols is 1. The van der Waals surface area contributed by atoms with Gasteiger partial charge in [-0.3, -0.25) is 14.4 Å². The largest absolute Gasteiger partial charge is 0.507 e. The fraction of sp³-hybridized carbons (Fsp3) is 0.432. The highest BCUT2D eigenvalue weighted by molar-refractivity contribution is 7.13. The molecule has 2 aromatic carbocycles. The van der Waals surface area contributed by atoms with Gasteiger partial charge in [-0.25, -0.2) is 4.98 Å². The molecule has 3 atom stereocenters. The van der Waals surface area contributed by atoms with Crippen molar-refractivity contribution >= 4 is 40.7 Å². The molecule has 5 aromatic rings. The third-order valence-corrected chi connectivity index (χ3v) is 13.5. The molecule has 312 valence electrons. The number of aliphatic hydroxyl groups is 1. The molecule has 0 bridgehead atoms. The van der Waals surface area contributed by atoms with Crippen molar-refractivity contribution in [2.75, 3.05) is 42.9 Å². The molecule has 1 aliphatic carbocycles. The predicted molar refractivity (Wildman–Crippen MR) is 225 cm³/mol. The number of thiazole rings is 1. The number of anilines is 2. The summed E-state index contributed by atoms with van der Waals surface area (Å²) in [5.41, 5.74) is 6.88. The number of piperazine rings is 1. The van der Waals surface area contributed by atoms with Gasteiger partial charge in [0.15, 0.2) is 17.4 Å². The molecule has 3 fully saturated rings. The topological polar surface area (TPSA) is 190 Å². The number of nitrogens with zero attached hydrogens (tertiary/aromatic N) is 7. The Morgan fingerprint density at radius 2 is 1.80 bits per heavy atom. The second-order valence-corrected chi connectivity index (χ2v) is 17.9. The second kappa shape index (κ2) is 16.0. The standard InChI is InChI=1S/C44H49N9O6S/c1-25(2)38(43(58)53-23-31(54)17-34(53)41(56)45-22-27-8-10-28(11-9-27)39-26(3)46-24-60-39)36-18-37(50-59-36)51-12-14-52(15-13-51)42(57)30-20-44(21-30)19-29-16-33(48-49-40(29)47-44)32-6-4-5-7-35(32)55/h4-11,16,18,24-25,30-31,34,38,54-55H,12-15,17,19-23H2,1-3H3,(H,45,56)(H,47,49)/t30?,31-,34+,38?,44?/m1/s1. The van der Waals surface area contributed by atoms with Crippen molar-refractivity contribution in [3.8, 4) is 27.4 Å². The van der Waals surface area contributed by atoms with Crippen LogP contribution in [0.25, 0.3) is 21.7 Å². The molecule has 1 saturated carbocycles. The van der Waals surface area contributed by atoms with Crippen molar-refractivity contribution in [1.82, 2.24) is 35.5 Å². The summed E-state index contributed by atoms with van der Waals surface area (Å²) in [6.07, 6.45) is 1.51. The summed E-state index contributed by atoms with van der Waals surface area (Å²) in [7, 11) is 0. The van der Waals surface area contributed by atoms with Gasteiger partial charge in [0.2, 0.25) is 17.7 Å². The van der Waals surface area contributed by atoms with Crippen LogP contribution in [0.2, 0.25) is 0 Å². The summed E-state index contributed by atoms with van der Waals surface area (Å²) in [5.74, 6) is 0.490. The van der Waals surface area contributed by atoms with Crippen LogP contribution in [-0.4, -0.2) is 108 Å². The molecule has 9 rings (SSSR count). The fourth-order valence-corrected chi connectivity index (χ4v) is 10.1. The number of likely N-dealkylation sites (tertiary alicyclic amines) is 1. The third-order valence-electron chi connectivity index (χ3n) is 12.6. The first-order valence-corrected chi connectivity index (χ1v) is 21.5. The van der Waals surface area contributed by atoms with E-state index < -0.39 is 18.1 Å². The van der Waals surface area contributed by atoms with Crippen LogP contribution in [0.3, 0.4) is 0 Å². The van der Waals surface area contributed by atoms with Crippen LogP contribution in [0.15, 0.2) is 70.7 Å². The van der Waals surface area contributed by atoms with Crippen molar-refractivity contribution in [3.63, 3.8) is 0 Å². The lowest BCUT2D eigenvalue weighted by Crippen LogP contribution is -2.57. The van der Waals surface area contributed by atoms with E-state index in [1.807, 2.05) is 73.6 Å². The van der Waals surface area contributed by atoms with E-state index in [-0.39, 0.29) is 53.8 Å². The molecular weight excluding hydrogens is 783 g/mol. The Hall–Kier alpha value is -5.87. The molecule has 4 aliphatic rings.